The summed E-state index contributed by atoms with van der Waals surface area (Å²) in [5.41, 5.74) is 2.14. The van der Waals surface area contributed by atoms with Crippen LogP contribution in [-0.2, 0) is 0 Å². The highest BCUT2D eigenvalue weighted by molar-refractivity contribution is 6.04. The van der Waals surface area contributed by atoms with Crippen LogP contribution >= 0.6 is 0 Å². The van der Waals surface area contributed by atoms with Crippen molar-refractivity contribution in [2.24, 2.45) is 0 Å². The molecule has 120 valence electrons. The van der Waals surface area contributed by atoms with Crippen molar-refractivity contribution in [3.05, 3.63) is 72.2 Å². The van der Waals surface area contributed by atoms with Crippen molar-refractivity contribution in [3.63, 3.8) is 0 Å². The number of benzene rings is 1. The van der Waals surface area contributed by atoms with E-state index in [1.54, 1.807) is 43.3 Å². The van der Waals surface area contributed by atoms with Crippen LogP contribution in [0.4, 0.5) is 11.4 Å². The van der Waals surface area contributed by atoms with E-state index in [0.29, 0.717) is 11.4 Å². The lowest BCUT2D eigenvalue weighted by Crippen LogP contribution is -2.14. The minimum absolute atomic E-state index is 0.227. The number of nitrogens with one attached hydrogen (secondary N) is 2. The van der Waals surface area contributed by atoms with Crippen LogP contribution in [0.1, 0.15) is 26.7 Å². The van der Waals surface area contributed by atoms with Gasteiger partial charge in [0.2, 0.25) is 0 Å². The maximum Gasteiger partial charge on any atom is 0.291 e. The predicted molar refractivity (Wildman–Crippen MR) is 87.8 cm³/mol. The number of anilines is 2. The summed E-state index contributed by atoms with van der Waals surface area (Å²) in [4.78, 5) is 32.0. The van der Waals surface area contributed by atoms with Gasteiger partial charge in [-0.05, 0) is 43.3 Å². The van der Waals surface area contributed by atoms with Crippen LogP contribution in [0.5, 0.6) is 0 Å². The Labute approximate surface area is 137 Å². The first-order valence-corrected chi connectivity index (χ1v) is 7.17. The van der Waals surface area contributed by atoms with Gasteiger partial charge >= 0.3 is 0 Å². The Kier molecular flexibility index (Phi) is 4.33. The number of aryl methyl sites for hydroxylation is 1. The highest BCUT2D eigenvalue weighted by Gasteiger charge is 2.10. The molecule has 0 bridgehead atoms. The molecule has 3 rings (SSSR count). The zero-order valence-electron chi connectivity index (χ0n) is 12.8. The largest absolute Gasteiger partial charge is 0.459 e. The number of nitrogens with zero attached hydrogens (tertiary/aromatic N) is 2. The molecule has 3 aromatic rings. The van der Waals surface area contributed by atoms with Gasteiger partial charge in [-0.25, -0.2) is 4.98 Å². The highest BCUT2D eigenvalue weighted by Crippen LogP contribution is 2.15. The van der Waals surface area contributed by atoms with Crippen LogP contribution in [0.25, 0.3) is 0 Å². The molecule has 2 aromatic heterocycles. The van der Waals surface area contributed by atoms with Crippen molar-refractivity contribution in [2.75, 3.05) is 10.6 Å². The summed E-state index contributed by atoms with van der Waals surface area (Å²) < 4.78 is 5.02. The Morgan fingerprint density at radius 2 is 1.58 bits per heavy atom. The molecule has 1 aromatic carbocycles. The van der Waals surface area contributed by atoms with Crippen molar-refractivity contribution in [3.8, 4) is 0 Å². The molecule has 7 heteroatoms. The van der Waals surface area contributed by atoms with Gasteiger partial charge in [0, 0.05) is 17.6 Å². The van der Waals surface area contributed by atoms with E-state index in [2.05, 4.69) is 20.6 Å². The van der Waals surface area contributed by atoms with E-state index in [1.807, 2.05) is 0 Å². The Hall–Kier alpha value is -3.48. The molecule has 0 aliphatic rings. The Balaban J connectivity index is 1.63. The first-order valence-electron chi connectivity index (χ1n) is 7.17. The van der Waals surface area contributed by atoms with E-state index in [4.69, 9.17) is 4.42 Å². The second-order valence-corrected chi connectivity index (χ2v) is 5.01. The zero-order chi connectivity index (χ0) is 16.9. The molecule has 0 aliphatic heterocycles. The lowest BCUT2D eigenvalue weighted by atomic mass is 10.2. The van der Waals surface area contributed by atoms with Crippen LogP contribution < -0.4 is 10.6 Å². The number of carbonyl (C=O) groups is 2. The predicted octanol–water partition coefficient (Wildman–Crippen LogP) is 2.88. The van der Waals surface area contributed by atoms with Gasteiger partial charge in [0.15, 0.2) is 5.76 Å². The molecule has 24 heavy (non-hydrogen) atoms. The molecule has 0 aliphatic carbocycles. The second kappa shape index (κ2) is 6.74. The zero-order valence-corrected chi connectivity index (χ0v) is 12.8. The molecule has 2 amide bonds. The molecule has 0 unspecified atom stereocenters. The summed E-state index contributed by atoms with van der Waals surface area (Å²) in [7, 11) is 0. The summed E-state index contributed by atoms with van der Waals surface area (Å²) in [6, 6.07) is 9.93. The second-order valence-electron chi connectivity index (χ2n) is 5.01. The first kappa shape index (κ1) is 15.4. The normalized spacial score (nSPS) is 10.2. The molecule has 2 heterocycles. The van der Waals surface area contributed by atoms with Crippen molar-refractivity contribution < 1.29 is 14.0 Å². The van der Waals surface area contributed by atoms with Crippen molar-refractivity contribution in [2.45, 2.75) is 6.92 Å². The van der Waals surface area contributed by atoms with Gasteiger partial charge in [-0.3, -0.25) is 14.6 Å². The lowest BCUT2D eigenvalue weighted by Gasteiger charge is -2.07. The maximum atomic E-state index is 12.0. The van der Waals surface area contributed by atoms with Crippen LogP contribution in [-0.4, -0.2) is 21.8 Å². The van der Waals surface area contributed by atoms with Crippen molar-refractivity contribution >= 4 is 23.2 Å². The minimum Gasteiger partial charge on any atom is -0.459 e. The van der Waals surface area contributed by atoms with E-state index >= 15 is 0 Å². The van der Waals surface area contributed by atoms with Gasteiger partial charge < -0.3 is 15.1 Å². The Morgan fingerprint density at radius 1 is 0.917 bits per heavy atom. The van der Waals surface area contributed by atoms with E-state index in [1.165, 1.54) is 18.7 Å². The number of rotatable bonds is 4. The molecule has 2 N–H and O–H groups in total. The fraction of sp³-hybridized carbons (Fsp3) is 0.0588. The summed E-state index contributed by atoms with van der Waals surface area (Å²) in [6.45, 7) is 1.80. The van der Waals surface area contributed by atoms with Gasteiger partial charge in [0.05, 0.1) is 18.2 Å². The highest BCUT2D eigenvalue weighted by atomic mass is 16.3. The summed E-state index contributed by atoms with van der Waals surface area (Å²) in [5.74, 6) is -0.466. The number of hydrogen-bond donors (Lipinski definition) is 2. The van der Waals surface area contributed by atoms with Crippen LogP contribution in [0.2, 0.25) is 0 Å². The molecule has 0 radical (unpaired) electrons. The number of hydrogen-bond acceptors (Lipinski definition) is 5. The number of carbonyl (C=O) groups excluding carboxylic acids is 2. The molecule has 0 saturated heterocycles. The summed E-state index contributed by atoms with van der Waals surface area (Å²) in [5, 5.41) is 5.41. The van der Waals surface area contributed by atoms with E-state index in [0.717, 1.165) is 5.69 Å². The monoisotopic (exact) mass is 322 g/mol. The minimum atomic E-state index is -0.352. The lowest BCUT2D eigenvalue weighted by molar-refractivity contribution is 0.0994. The van der Waals surface area contributed by atoms with E-state index in [9.17, 15) is 9.59 Å². The number of furan rings is 1. The summed E-state index contributed by atoms with van der Waals surface area (Å²) >= 11 is 0. The molecular formula is C17H14N4O3. The number of amides is 2. The Bertz CT molecular complexity index is 841. The molecule has 0 spiro atoms. The van der Waals surface area contributed by atoms with Gasteiger partial charge in [-0.1, -0.05) is 0 Å². The van der Waals surface area contributed by atoms with Gasteiger partial charge in [-0.15, -0.1) is 0 Å². The third-order valence-electron chi connectivity index (χ3n) is 3.16. The molecule has 7 nitrogen and oxygen atoms in total. The smallest absolute Gasteiger partial charge is 0.291 e. The van der Waals surface area contributed by atoms with Crippen LogP contribution in [0.15, 0.2) is 59.5 Å². The standard InChI is InChI=1S/C17H14N4O3/c1-11-9-19-14(10-18-11)16(22)20-12-4-6-13(7-5-12)21-17(23)15-3-2-8-24-15/h2-10H,1H3,(H,20,22)(H,21,23). The average molecular weight is 322 g/mol. The summed E-state index contributed by atoms with van der Waals surface area (Å²) in [6.07, 6.45) is 4.38. The van der Waals surface area contributed by atoms with E-state index in [-0.39, 0.29) is 23.3 Å². The third kappa shape index (κ3) is 3.64. The molecule has 0 fully saturated rings. The quantitative estimate of drug-likeness (QED) is 0.770. The van der Waals surface area contributed by atoms with Gasteiger partial charge in [-0.2, -0.15) is 0 Å². The van der Waals surface area contributed by atoms with Gasteiger partial charge in [0.25, 0.3) is 11.8 Å². The molecule has 0 atom stereocenters. The molecule has 0 saturated carbocycles. The SMILES string of the molecule is Cc1cnc(C(=O)Nc2ccc(NC(=O)c3ccco3)cc2)cn1. The van der Waals surface area contributed by atoms with Crippen molar-refractivity contribution in [1.29, 1.82) is 0 Å². The first-order chi connectivity index (χ1) is 11.6. The Morgan fingerprint density at radius 3 is 2.12 bits per heavy atom. The van der Waals surface area contributed by atoms with Crippen LogP contribution in [0.3, 0.4) is 0 Å². The third-order valence-corrected chi connectivity index (χ3v) is 3.16. The van der Waals surface area contributed by atoms with Crippen LogP contribution in [0, 0.1) is 6.92 Å². The van der Waals surface area contributed by atoms with Crippen molar-refractivity contribution in [1.82, 2.24) is 9.97 Å². The fourth-order valence-corrected chi connectivity index (χ4v) is 1.94. The fourth-order valence-electron chi connectivity index (χ4n) is 1.94. The maximum absolute atomic E-state index is 12.0. The number of aromatic nitrogens is 2. The van der Waals surface area contributed by atoms with Gasteiger partial charge in [0.1, 0.15) is 5.69 Å². The average Bonchev–Trinajstić information content (AvgIpc) is 3.12. The topological polar surface area (TPSA) is 97.1 Å². The molecular weight excluding hydrogens is 308 g/mol. The van der Waals surface area contributed by atoms with E-state index < -0.39 is 0 Å².